The predicted molar refractivity (Wildman–Crippen MR) is 110 cm³/mol. The number of ether oxygens (including phenoxy) is 1. The Hall–Kier alpha value is -2.12. The Morgan fingerprint density at radius 2 is 2.00 bits per heavy atom. The number of nitrogens with zero attached hydrogens (tertiary/aromatic N) is 1. The number of carbonyl (C=O) groups is 1. The standard InChI is InChI=1S/C20H16ClIN2O2/c21-15-7-8-19(22)18(11-15)20(25)24-12-14-4-3-6-17(10-14)26-13-16-5-1-2-9-23-16/h1-11H,12-13H2,(H,24,25). The van der Waals surface area contributed by atoms with Crippen LogP contribution >= 0.6 is 34.2 Å². The van der Waals surface area contributed by atoms with E-state index in [2.05, 4.69) is 32.9 Å². The van der Waals surface area contributed by atoms with E-state index >= 15 is 0 Å². The molecule has 1 aromatic heterocycles. The Kier molecular flexibility index (Phi) is 6.46. The molecule has 3 rings (SSSR count). The Morgan fingerprint density at radius 1 is 1.12 bits per heavy atom. The van der Waals surface area contributed by atoms with E-state index in [0.717, 1.165) is 20.6 Å². The molecule has 26 heavy (non-hydrogen) atoms. The summed E-state index contributed by atoms with van der Waals surface area (Å²) in [5, 5.41) is 3.46. The Balaban J connectivity index is 1.60. The number of nitrogens with one attached hydrogen (secondary N) is 1. The van der Waals surface area contributed by atoms with Gasteiger partial charge in [0.25, 0.3) is 5.91 Å². The first kappa shape index (κ1) is 18.7. The van der Waals surface area contributed by atoms with Crippen molar-refractivity contribution in [1.29, 1.82) is 0 Å². The van der Waals surface area contributed by atoms with Crippen LogP contribution in [0.3, 0.4) is 0 Å². The van der Waals surface area contributed by atoms with E-state index in [0.29, 0.717) is 23.7 Å². The summed E-state index contributed by atoms with van der Waals surface area (Å²) in [6.07, 6.45) is 1.74. The van der Waals surface area contributed by atoms with E-state index in [1.807, 2.05) is 48.5 Å². The quantitative estimate of drug-likeness (QED) is 0.516. The fraction of sp³-hybridized carbons (Fsp3) is 0.100. The molecular formula is C20H16ClIN2O2. The van der Waals surface area contributed by atoms with Crippen LogP contribution in [0.2, 0.25) is 5.02 Å². The molecule has 0 aliphatic heterocycles. The van der Waals surface area contributed by atoms with Gasteiger partial charge in [-0.05, 0) is 70.6 Å². The van der Waals surface area contributed by atoms with Gasteiger partial charge in [0.1, 0.15) is 12.4 Å². The Bertz CT molecular complexity index is 903. The summed E-state index contributed by atoms with van der Waals surface area (Å²) in [4.78, 5) is 16.6. The number of amides is 1. The third-order valence-corrected chi connectivity index (χ3v) is 4.81. The van der Waals surface area contributed by atoms with Gasteiger partial charge in [-0.25, -0.2) is 0 Å². The minimum absolute atomic E-state index is 0.156. The van der Waals surface area contributed by atoms with Crippen LogP contribution in [-0.4, -0.2) is 10.9 Å². The summed E-state index contributed by atoms with van der Waals surface area (Å²) < 4.78 is 6.62. The van der Waals surface area contributed by atoms with Crippen LogP contribution in [-0.2, 0) is 13.2 Å². The minimum atomic E-state index is -0.156. The highest BCUT2D eigenvalue weighted by molar-refractivity contribution is 14.1. The topological polar surface area (TPSA) is 51.2 Å². The zero-order valence-corrected chi connectivity index (χ0v) is 16.7. The van der Waals surface area contributed by atoms with E-state index in [1.54, 1.807) is 18.3 Å². The molecule has 3 aromatic rings. The van der Waals surface area contributed by atoms with Crippen molar-refractivity contribution in [1.82, 2.24) is 10.3 Å². The molecule has 0 saturated carbocycles. The van der Waals surface area contributed by atoms with Crippen LogP contribution in [0.1, 0.15) is 21.6 Å². The van der Waals surface area contributed by atoms with Crippen molar-refractivity contribution >= 4 is 40.1 Å². The molecule has 1 amide bonds. The molecule has 0 atom stereocenters. The molecule has 0 bridgehead atoms. The highest BCUT2D eigenvalue weighted by Crippen LogP contribution is 2.19. The average Bonchev–Trinajstić information content (AvgIpc) is 2.67. The molecule has 1 heterocycles. The third-order valence-electron chi connectivity index (χ3n) is 3.64. The SMILES string of the molecule is O=C(NCc1cccc(OCc2ccccn2)c1)c1cc(Cl)ccc1I. The largest absolute Gasteiger partial charge is 0.487 e. The van der Waals surface area contributed by atoms with E-state index in [4.69, 9.17) is 16.3 Å². The molecule has 0 saturated heterocycles. The van der Waals surface area contributed by atoms with Crippen molar-refractivity contribution in [2.75, 3.05) is 0 Å². The van der Waals surface area contributed by atoms with E-state index in [1.165, 1.54) is 0 Å². The zero-order chi connectivity index (χ0) is 18.4. The number of halogens is 2. The first-order valence-electron chi connectivity index (χ1n) is 7.97. The van der Waals surface area contributed by atoms with Gasteiger partial charge in [0, 0.05) is 21.3 Å². The summed E-state index contributed by atoms with van der Waals surface area (Å²) in [5.74, 6) is 0.580. The summed E-state index contributed by atoms with van der Waals surface area (Å²) in [7, 11) is 0. The predicted octanol–water partition coefficient (Wildman–Crippen LogP) is 4.85. The maximum atomic E-state index is 12.4. The molecular weight excluding hydrogens is 463 g/mol. The van der Waals surface area contributed by atoms with Crippen molar-refractivity contribution in [2.24, 2.45) is 0 Å². The van der Waals surface area contributed by atoms with Gasteiger partial charge in [0.05, 0.1) is 11.3 Å². The molecule has 132 valence electrons. The van der Waals surface area contributed by atoms with Crippen LogP contribution < -0.4 is 10.1 Å². The van der Waals surface area contributed by atoms with Crippen LogP contribution in [0, 0.1) is 3.57 Å². The highest BCUT2D eigenvalue weighted by Gasteiger charge is 2.10. The molecule has 6 heteroatoms. The fourth-order valence-electron chi connectivity index (χ4n) is 2.34. The summed E-state index contributed by atoms with van der Waals surface area (Å²) in [6, 6.07) is 18.6. The van der Waals surface area contributed by atoms with Crippen molar-refractivity contribution in [2.45, 2.75) is 13.2 Å². The minimum Gasteiger partial charge on any atom is -0.487 e. The normalized spacial score (nSPS) is 10.4. The van der Waals surface area contributed by atoms with Gasteiger partial charge in [-0.15, -0.1) is 0 Å². The lowest BCUT2D eigenvalue weighted by atomic mass is 10.2. The summed E-state index contributed by atoms with van der Waals surface area (Å²) >= 11 is 8.10. The molecule has 0 unspecified atom stereocenters. The lowest BCUT2D eigenvalue weighted by Crippen LogP contribution is -2.23. The van der Waals surface area contributed by atoms with E-state index in [9.17, 15) is 4.79 Å². The summed E-state index contributed by atoms with van der Waals surface area (Å²) in [5.41, 5.74) is 2.39. The second kappa shape index (κ2) is 9.00. The zero-order valence-electron chi connectivity index (χ0n) is 13.8. The first-order valence-corrected chi connectivity index (χ1v) is 9.42. The Morgan fingerprint density at radius 3 is 2.81 bits per heavy atom. The lowest BCUT2D eigenvalue weighted by molar-refractivity contribution is 0.0950. The van der Waals surface area contributed by atoms with Gasteiger partial charge in [-0.1, -0.05) is 29.8 Å². The number of benzene rings is 2. The molecule has 0 radical (unpaired) electrons. The number of aromatic nitrogens is 1. The third kappa shape index (κ3) is 5.19. The number of hydrogen-bond acceptors (Lipinski definition) is 3. The molecule has 1 N–H and O–H groups in total. The van der Waals surface area contributed by atoms with Gasteiger partial charge in [0.2, 0.25) is 0 Å². The second-order valence-electron chi connectivity index (χ2n) is 5.56. The number of rotatable bonds is 6. The smallest absolute Gasteiger partial charge is 0.252 e. The van der Waals surface area contributed by atoms with Crippen LogP contribution in [0.25, 0.3) is 0 Å². The highest BCUT2D eigenvalue weighted by atomic mass is 127. The lowest BCUT2D eigenvalue weighted by Gasteiger charge is -2.10. The molecule has 0 spiro atoms. The average molecular weight is 479 g/mol. The number of carbonyl (C=O) groups excluding carboxylic acids is 1. The van der Waals surface area contributed by atoms with Crippen molar-refractivity contribution in [3.05, 3.63) is 92.3 Å². The van der Waals surface area contributed by atoms with Gasteiger partial charge in [0.15, 0.2) is 0 Å². The van der Waals surface area contributed by atoms with E-state index in [-0.39, 0.29) is 5.91 Å². The Labute approximate surface area is 170 Å². The molecule has 2 aromatic carbocycles. The van der Waals surface area contributed by atoms with Crippen molar-refractivity contribution in [3.63, 3.8) is 0 Å². The number of pyridine rings is 1. The molecule has 4 nitrogen and oxygen atoms in total. The maximum Gasteiger partial charge on any atom is 0.252 e. The first-order chi connectivity index (χ1) is 12.6. The van der Waals surface area contributed by atoms with Crippen LogP contribution in [0.15, 0.2) is 66.9 Å². The second-order valence-corrected chi connectivity index (χ2v) is 7.16. The van der Waals surface area contributed by atoms with Crippen LogP contribution in [0.5, 0.6) is 5.75 Å². The molecule has 0 aliphatic carbocycles. The summed E-state index contributed by atoms with van der Waals surface area (Å²) in [6.45, 7) is 0.805. The van der Waals surface area contributed by atoms with Gasteiger partial charge < -0.3 is 10.1 Å². The molecule has 0 fully saturated rings. The van der Waals surface area contributed by atoms with Crippen molar-refractivity contribution in [3.8, 4) is 5.75 Å². The van der Waals surface area contributed by atoms with Gasteiger partial charge in [-0.2, -0.15) is 0 Å². The van der Waals surface area contributed by atoms with E-state index < -0.39 is 0 Å². The van der Waals surface area contributed by atoms with Crippen molar-refractivity contribution < 1.29 is 9.53 Å². The van der Waals surface area contributed by atoms with Gasteiger partial charge in [-0.3, -0.25) is 9.78 Å². The maximum absolute atomic E-state index is 12.4. The van der Waals surface area contributed by atoms with Crippen LogP contribution in [0.4, 0.5) is 0 Å². The van der Waals surface area contributed by atoms with Gasteiger partial charge >= 0.3 is 0 Å². The number of hydrogen-bond donors (Lipinski definition) is 1. The monoisotopic (exact) mass is 478 g/mol. The molecule has 0 aliphatic rings. The fourth-order valence-corrected chi connectivity index (χ4v) is 3.09.